The van der Waals surface area contributed by atoms with Crippen LogP contribution in [0.2, 0.25) is 18.1 Å². The minimum absolute atomic E-state index is 0.142. The van der Waals surface area contributed by atoms with Crippen molar-refractivity contribution in [3.63, 3.8) is 0 Å². The average molecular weight is 473 g/mol. The van der Waals surface area contributed by atoms with E-state index >= 15 is 0 Å². The van der Waals surface area contributed by atoms with Gasteiger partial charge in [0, 0.05) is 38.7 Å². The first-order valence-corrected chi connectivity index (χ1v) is 15.7. The second-order valence-electron chi connectivity index (χ2n) is 11.7. The normalized spacial score (nSPS) is 25.3. The molecule has 2 rings (SSSR count). The van der Waals surface area contributed by atoms with Gasteiger partial charge in [-0.2, -0.15) is 0 Å². The third kappa shape index (κ3) is 6.26. The van der Waals surface area contributed by atoms with Crippen molar-refractivity contribution in [2.45, 2.75) is 102 Å². The molecule has 1 aromatic carbocycles. The monoisotopic (exact) mass is 472 g/mol. The highest BCUT2D eigenvalue weighted by molar-refractivity contribution is 7.86. The Morgan fingerprint density at radius 2 is 1.61 bits per heavy atom. The SMILES string of the molecule is CC(C)(C)S(=O)CC(CF)C1(c2ccc(F)cc2)CCC(O[Si](C)(C)C(C)(C)C)CC1. The van der Waals surface area contributed by atoms with Crippen LogP contribution < -0.4 is 0 Å². The van der Waals surface area contributed by atoms with Gasteiger partial charge >= 0.3 is 0 Å². The maximum Gasteiger partial charge on any atom is 0.192 e. The number of benzene rings is 1. The quantitative estimate of drug-likeness (QED) is 0.394. The van der Waals surface area contributed by atoms with Gasteiger partial charge in [0.05, 0.1) is 6.67 Å². The second-order valence-corrected chi connectivity index (χ2v) is 18.7. The van der Waals surface area contributed by atoms with E-state index in [0.29, 0.717) is 5.75 Å². The first-order chi connectivity index (χ1) is 14.1. The van der Waals surface area contributed by atoms with Crippen molar-refractivity contribution in [1.29, 1.82) is 0 Å². The molecule has 0 amide bonds. The number of alkyl halides is 1. The Balaban J connectivity index is 2.31. The average Bonchev–Trinajstić information content (AvgIpc) is 2.65. The minimum Gasteiger partial charge on any atom is -0.414 e. The van der Waals surface area contributed by atoms with E-state index in [1.54, 1.807) is 12.1 Å². The Labute approximate surface area is 192 Å². The van der Waals surface area contributed by atoms with Crippen LogP contribution in [0.15, 0.2) is 24.3 Å². The van der Waals surface area contributed by atoms with Crippen molar-refractivity contribution in [2.75, 3.05) is 12.4 Å². The molecule has 0 heterocycles. The van der Waals surface area contributed by atoms with Crippen molar-refractivity contribution < 1.29 is 17.4 Å². The van der Waals surface area contributed by atoms with Gasteiger partial charge in [0.25, 0.3) is 0 Å². The molecule has 0 N–H and O–H groups in total. The summed E-state index contributed by atoms with van der Waals surface area (Å²) in [6.07, 6.45) is 3.41. The summed E-state index contributed by atoms with van der Waals surface area (Å²) >= 11 is 0. The predicted octanol–water partition coefficient (Wildman–Crippen LogP) is 7.16. The molecule has 6 heteroatoms. The summed E-state index contributed by atoms with van der Waals surface area (Å²) in [5.41, 5.74) is 0.532. The van der Waals surface area contributed by atoms with Gasteiger partial charge in [-0.1, -0.05) is 32.9 Å². The Morgan fingerprint density at radius 3 is 2.03 bits per heavy atom. The van der Waals surface area contributed by atoms with E-state index in [9.17, 15) is 13.0 Å². The van der Waals surface area contributed by atoms with E-state index in [1.165, 1.54) is 12.1 Å². The predicted molar refractivity (Wildman–Crippen MR) is 131 cm³/mol. The van der Waals surface area contributed by atoms with Gasteiger partial charge in [-0.25, -0.2) is 4.39 Å². The highest BCUT2D eigenvalue weighted by Gasteiger charge is 2.47. The van der Waals surface area contributed by atoms with Crippen molar-refractivity contribution in [3.05, 3.63) is 35.6 Å². The zero-order valence-electron chi connectivity index (χ0n) is 20.7. The molecule has 2 atom stereocenters. The number of rotatable bonds is 7. The molecule has 1 aliphatic carbocycles. The lowest BCUT2D eigenvalue weighted by Gasteiger charge is -2.48. The summed E-state index contributed by atoms with van der Waals surface area (Å²) in [5.74, 6) is -0.318. The third-order valence-electron chi connectivity index (χ3n) is 7.51. The number of hydrogen-bond acceptors (Lipinski definition) is 2. The fourth-order valence-corrected chi connectivity index (χ4v) is 7.01. The molecule has 1 saturated carbocycles. The van der Waals surface area contributed by atoms with Crippen molar-refractivity contribution in [1.82, 2.24) is 0 Å². The van der Waals surface area contributed by atoms with Crippen molar-refractivity contribution >= 4 is 19.1 Å². The van der Waals surface area contributed by atoms with Crippen LogP contribution in [0, 0.1) is 11.7 Å². The molecule has 1 fully saturated rings. The third-order valence-corrected chi connectivity index (χ3v) is 14.1. The highest BCUT2D eigenvalue weighted by atomic mass is 32.2. The van der Waals surface area contributed by atoms with Gasteiger partial charge in [0.2, 0.25) is 0 Å². The maximum atomic E-state index is 14.5. The number of hydrogen-bond donors (Lipinski definition) is 0. The Hall–Kier alpha value is -0.593. The molecule has 2 nitrogen and oxygen atoms in total. The summed E-state index contributed by atoms with van der Waals surface area (Å²) in [5, 5.41) is 0.142. The smallest absolute Gasteiger partial charge is 0.192 e. The molecule has 1 aliphatic rings. The first kappa shape index (κ1) is 26.7. The van der Waals surface area contributed by atoms with Gasteiger partial charge in [0.1, 0.15) is 5.82 Å². The molecule has 0 saturated heterocycles. The topological polar surface area (TPSA) is 26.3 Å². The zero-order chi connectivity index (χ0) is 23.7. The van der Waals surface area contributed by atoms with Gasteiger partial charge < -0.3 is 4.43 Å². The summed E-state index contributed by atoms with van der Waals surface area (Å²) in [6.45, 7) is 16.6. The molecule has 31 heavy (non-hydrogen) atoms. The molecular formula is C25H42F2O2SSi. The van der Waals surface area contributed by atoms with E-state index in [0.717, 1.165) is 31.2 Å². The van der Waals surface area contributed by atoms with Crippen molar-refractivity contribution in [2.24, 2.45) is 5.92 Å². The van der Waals surface area contributed by atoms with E-state index < -0.39 is 31.2 Å². The van der Waals surface area contributed by atoms with Crippen LogP contribution in [0.1, 0.15) is 72.8 Å². The van der Waals surface area contributed by atoms with E-state index in [2.05, 4.69) is 33.9 Å². The largest absolute Gasteiger partial charge is 0.414 e. The van der Waals surface area contributed by atoms with Gasteiger partial charge in [0.15, 0.2) is 8.32 Å². The molecule has 1 aromatic rings. The second kappa shape index (κ2) is 9.72. The summed E-state index contributed by atoms with van der Waals surface area (Å²) in [4.78, 5) is 0. The lowest BCUT2D eigenvalue weighted by molar-refractivity contribution is 0.0753. The Bertz CT molecular complexity index is 742. The van der Waals surface area contributed by atoms with Crippen LogP contribution in [0.4, 0.5) is 8.78 Å². The lowest BCUT2D eigenvalue weighted by Crippen LogP contribution is -2.49. The standard InChI is InChI=1S/C25H42F2O2SSi/c1-23(2,3)30(28)18-20(17-26)25(19-9-11-21(27)12-10-19)15-13-22(14-16-25)29-31(7,8)24(4,5)6/h9-12,20,22H,13-18H2,1-8H3. The lowest BCUT2D eigenvalue weighted by atomic mass is 9.62. The molecule has 2 unspecified atom stereocenters. The Morgan fingerprint density at radius 1 is 1.10 bits per heavy atom. The molecule has 0 radical (unpaired) electrons. The maximum absolute atomic E-state index is 14.5. The van der Waals surface area contributed by atoms with Crippen LogP contribution in [0.5, 0.6) is 0 Å². The van der Waals surface area contributed by atoms with Gasteiger partial charge in [-0.05, 0) is 82.3 Å². The first-order valence-electron chi connectivity index (χ1n) is 11.5. The Kier molecular flexibility index (Phi) is 8.36. The van der Waals surface area contributed by atoms with Crippen LogP contribution in [0.25, 0.3) is 0 Å². The van der Waals surface area contributed by atoms with Crippen LogP contribution in [0.3, 0.4) is 0 Å². The summed E-state index contributed by atoms with van der Waals surface area (Å²) < 4.78 is 47.3. The summed E-state index contributed by atoms with van der Waals surface area (Å²) in [6, 6.07) is 6.52. The van der Waals surface area contributed by atoms with E-state index in [-0.39, 0.29) is 27.6 Å². The number of halogens is 2. The zero-order valence-corrected chi connectivity index (χ0v) is 22.5. The van der Waals surface area contributed by atoms with Gasteiger partial charge in [-0.3, -0.25) is 8.60 Å². The van der Waals surface area contributed by atoms with Crippen LogP contribution >= 0.6 is 0 Å². The molecule has 0 spiro atoms. The molecular weight excluding hydrogens is 430 g/mol. The fraction of sp³-hybridized carbons (Fsp3) is 0.760. The van der Waals surface area contributed by atoms with Crippen LogP contribution in [-0.2, 0) is 20.6 Å². The highest BCUT2D eigenvalue weighted by Crippen LogP contribution is 2.48. The molecule has 0 bridgehead atoms. The van der Waals surface area contributed by atoms with Gasteiger partial charge in [-0.15, -0.1) is 0 Å². The molecule has 178 valence electrons. The minimum atomic E-state index is -1.88. The van der Waals surface area contributed by atoms with E-state index in [4.69, 9.17) is 4.43 Å². The molecule has 0 aromatic heterocycles. The summed E-state index contributed by atoms with van der Waals surface area (Å²) in [7, 11) is -3.03. The van der Waals surface area contributed by atoms with Crippen molar-refractivity contribution in [3.8, 4) is 0 Å². The molecule has 0 aliphatic heterocycles. The van der Waals surface area contributed by atoms with Crippen LogP contribution in [-0.4, -0.2) is 35.8 Å². The fourth-order valence-electron chi connectivity index (χ4n) is 4.32. The van der Waals surface area contributed by atoms with E-state index in [1.807, 2.05) is 20.8 Å².